The summed E-state index contributed by atoms with van der Waals surface area (Å²) in [6.07, 6.45) is -0.221. The summed E-state index contributed by atoms with van der Waals surface area (Å²) in [5, 5.41) is 0. The number of carbonyl (C=O) groups is 2. The first-order valence-corrected chi connectivity index (χ1v) is 16.8. The van der Waals surface area contributed by atoms with Gasteiger partial charge in [0, 0.05) is 49.6 Å². The average molecular weight is 653 g/mol. The lowest BCUT2D eigenvalue weighted by atomic mass is 9.72. The van der Waals surface area contributed by atoms with E-state index in [-0.39, 0.29) is 55.7 Å². The lowest BCUT2D eigenvalue weighted by Crippen LogP contribution is -2.45. The van der Waals surface area contributed by atoms with Crippen molar-refractivity contribution in [3.63, 3.8) is 0 Å². The van der Waals surface area contributed by atoms with Crippen molar-refractivity contribution in [3.8, 4) is 0 Å². The van der Waals surface area contributed by atoms with Gasteiger partial charge in [0.05, 0.1) is 11.2 Å². The molecule has 0 saturated carbocycles. The molecule has 1 atom stereocenters. The van der Waals surface area contributed by atoms with Crippen LogP contribution in [0, 0.1) is 10.8 Å². The van der Waals surface area contributed by atoms with Crippen molar-refractivity contribution in [2.45, 2.75) is 145 Å². The SMILES string of the molecule is CB1OCC(C)(C)C(C)O1.CC(C)B1OC(=O)CN(C)C(=O)O1.CC(C)B1OC(C)(C)C(C)(C)O1.CC(C)B1OCC(C)(C)CO1. The Morgan fingerprint density at radius 1 is 0.696 bits per heavy atom. The van der Waals surface area contributed by atoms with Gasteiger partial charge in [-0.25, -0.2) is 4.79 Å². The van der Waals surface area contributed by atoms with Crippen molar-refractivity contribution in [2.75, 3.05) is 33.4 Å². The van der Waals surface area contributed by atoms with Crippen LogP contribution in [0.15, 0.2) is 0 Å². The minimum Gasteiger partial charge on any atom is -0.498 e. The molecule has 15 heteroatoms. The molecule has 0 aromatic carbocycles. The van der Waals surface area contributed by atoms with Gasteiger partial charge in [0.1, 0.15) is 6.54 Å². The highest BCUT2D eigenvalue weighted by Gasteiger charge is 2.51. The maximum atomic E-state index is 11.1. The van der Waals surface area contributed by atoms with Crippen molar-refractivity contribution in [1.82, 2.24) is 4.90 Å². The molecule has 11 nitrogen and oxygen atoms in total. The summed E-state index contributed by atoms with van der Waals surface area (Å²) in [7, 11) is 0.678. The van der Waals surface area contributed by atoms with Crippen LogP contribution in [0.4, 0.5) is 4.79 Å². The fraction of sp³-hybridized carbons (Fsp3) is 0.935. The van der Waals surface area contributed by atoms with Crippen molar-refractivity contribution in [2.24, 2.45) is 10.8 Å². The van der Waals surface area contributed by atoms with Crippen LogP contribution in [0.25, 0.3) is 0 Å². The fourth-order valence-electron chi connectivity index (χ4n) is 4.12. The quantitative estimate of drug-likeness (QED) is 0.312. The van der Waals surface area contributed by atoms with E-state index in [1.165, 1.54) is 11.9 Å². The van der Waals surface area contributed by atoms with Gasteiger partial charge in [-0.2, -0.15) is 0 Å². The maximum Gasteiger partial charge on any atom is 0.602 e. The predicted molar refractivity (Wildman–Crippen MR) is 186 cm³/mol. The molecule has 4 aliphatic heterocycles. The summed E-state index contributed by atoms with van der Waals surface area (Å²) >= 11 is 0. The highest BCUT2D eigenvalue weighted by Crippen LogP contribution is 2.39. The molecule has 4 rings (SSSR count). The van der Waals surface area contributed by atoms with Crippen LogP contribution in [-0.2, 0) is 42.0 Å². The summed E-state index contributed by atoms with van der Waals surface area (Å²) < 4.78 is 43.3. The monoisotopic (exact) mass is 653 g/mol. The summed E-state index contributed by atoms with van der Waals surface area (Å²) in [5.41, 5.74) is 0.0156. The zero-order valence-electron chi connectivity index (χ0n) is 32.0. The van der Waals surface area contributed by atoms with E-state index in [4.69, 9.17) is 37.2 Å². The first-order chi connectivity index (χ1) is 20.8. The molecule has 0 radical (unpaired) electrons. The molecular weight excluding hydrogens is 590 g/mol. The Labute approximate surface area is 281 Å². The summed E-state index contributed by atoms with van der Waals surface area (Å²) in [6, 6.07) is 0. The highest BCUT2D eigenvalue weighted by molar-refractivity contribution is 6.50. The van der Waals surface area contributed by atoms with Crippen molar-refractivity contribution < 1.29 is 46.8 Å². The lowest BCUT2D eigenvalue weighted by molar-refractivity contribution is -0.135. The molecule has 0 aliphatic carbocycles. The summed E-state index contributed by atoms with van der Waals surface area (Å²) in [5.74, 6) is 0.420. The fourth-order valence-corrected chi connectivity index (χ4v) is 4.12. The third-order valence-corrected chi connectivity index (χ3v) is 8.51. The Hall–Kier alpha value is -1.24. The highest BCUT2D eigenvalue weighted by atomic mass is 16.7. The van der Waals surface area contributed by atoms with Gasteiger partial charge in [-0.05, 0) is 53.1 Å². The molecule has 0 aromatic rings. The Bertz CT molecular complexity index is 938. The Morgan fingerprint density at radius 3 is 1.52 bits per heavy atom. The van der Waals surface area contributed by atoms with Gasteiger partial charge in [0.2, 0.25) is 0 Å². The third kappa shape index (κ3) is 13.7. The van der Waals surface area contributed by atoms with Crippen LogP contribution in [0.2, 0.25) is 24.3 Å². The van der Waals surface area contributed by atoms with Crippen LogP contribution < -0.4 is 0 Å². The van der Waals surface area contributed by atoms with Gasteiger partial charge in [-0.1, -0.05) is 69.2 Å². The molecule has 0 N–H and O–H groups in total. The van der Waals surface area contributed by atoms with Crippen LogP contribution in [0.1, 0.15) is 104 Å². The molecule has 4 fully saturated rings. The number of hydrogen-bond donors (Lipinski definition) is 0. The van der Waals surface area contributed by atoms with E-state index in [2.05, 4.69) is 90.0 Å². The van der Waals surface area contributed by atoms with Crippen molar-refractivity contribution in [3.05, 3.63) is 0 Å². The minimum atomic E-state index is -0.759. The average Bonchev–Trinajstić information content (AvgIpc) is 3.04. The first kappa shape index (κ1) is 42.8. The van der Waals surface area contributed by atoms with Gasteiger partial charge in [-0.3, -0.25) is 4.79 Å². The molecule has 4 saturated heterocycles. The van der Waals surface area contributed by atoms with E-state index in [0.29, 0.717) is 17.7 Å². The molecule has 4 aliphatic rings. The normalized spacial score (nSPS) is 25.0. The number of amides is 1. The van der Waals surface area contributed by atoms with Gasteiger partial charge in [0.15, 0.2) is 0 Å². The zero-order chi connectivity index (χ0) is 35.8. The van der Waals surface area contributed by atoms with E-state index in [9.17, 15) is 9.59 Å². The third-order valence-electron chi connectivity index (χ3n) is 8.51. The molecule has 1 amide bonds. The van der Waals surface area contributed by atoms with Gasteiger partial charge < -0.3 is 42.1 Å². The minimum absolute atomic E-state index is 0.0167. The van der Waals surface area contributed by atoms with Crippen LogP contribution >= 0.6 is 0 Å². The summed E-state index contributed by atoms with van der Waals surface area (Å²) in [4.78, 5) is 23.4. The second-order valence-corrected chi connectivity index (χ2v) is 16.3. The second kappa shape index (κ2) is 17.4. The van der Waals surface area contributed by atoms with E-state index in [0.717, 1.165) is 19.8 Å². The maximum absolute atomic E-state index is 11.1. The molecular formula is C31H63B4NO10. The standard InChI is InChI=1S/C9H19BO2.C8H17BO2.C7H12BNO4.C7H15BO2/c1-7(2)10-11-8(3,4)9(5,6)12-10;1-7(2)9-10-5-8(3,4)6-11-9;1-5(2)8-12-6(10)4-9(3)7(11)13-8;1-6-7(2,3)5-9-8(4)10-6/h7H,1-6H3;7H,5-6H2,1-4H3;5H,4H2,1-3H3;6H,5H2,1-4H3. The van der Waals surface area contributed by atoms with Gasteiger partial charge in [-0.15, -0.1) is 0 Å². The number of nitrogens with zero attached hydrogens (tertiary/aromatic N) is 1. The van der Waals surface area contributed by atoms with Gasteiger partial charge in [0.25, 0.3) is 0 Å². The molecule has 46 heavy (non-hydrogen) atoms. The van der Waals surface area contributed by atoms with Gasteiger partial charge >= 0.3 is 40.5 Å². The zero-order valence-corrected chi connectivity index (χ0v) is 32.0. The topological polar surface area (TPSA) is 111 Å². The van der Waals surface area contributed by atoms with Crippen LogP contribution in [-0.4, -0.2) is 96.2 Å². The molecule has 1 unspecified atom stereocenters. The van der Waals surface area contributed by atoms with E-state index < -0.39 is 19.2 Å². The lowest BCUT2D eigenvalue weighted by Gasteiger charge is -2.38. The summed E-state index contributed by atoms with van der Waals surface area (Å²) in [6.45, 7) is 35.4. The number of carbonyl (C=O) groups excluding carboxylic acids is 2. The van der Waals surface area contributed by atoms with E-state index in [1.807, 2.05) is 20.7 Å². The molecule has 0 spiro atoms. The first-order valence-electron chi connectivity index (χ1n) is 16.8. The Kier molecular flexibility index (Phi) is 16.2. The van der Waals surface area contributed by atoms with E-state index in [1.54, 1.807) is 0 Å². The smallest absolute Gasteiger partial charge is 0.498 e. The van der Waals surface area contributed by atoms with Crippen LogP contribution in [0.3, 0.4) is 0 Å². The predicted octanol–water partition coefficient (Wildman–Crippen LogP) is 6.52. The molecule has 264 valence electrons. The van der Waals surface area contributed by atoms with Crippen molar-refractivity contribution in [1.29, 1.82) is 0 Å². The Balaban J connectivity index is 0.000000308. The van der Waals surface area contributed by atoms with E-state index >= 15 is 0 Å². The van der Waals surface area contributed by atoms with Crippen molar-refractivity contribution >= 4 is 40.5 Å². The largest absolute Gasteiger partial charge is 0.602 e. The second-order valence-electron chi connectivity index (χ2n) is 16.3. The van der Waals surface area contributed by atoms with Crippen LogP contribution in [0.5, 0.6) is 0 Å². The molecule has 0 aromatic heterocycles. The molecule has 4 heterocycles. The number of likely N-dealkylation sites (N-methyl/N-ethyl adjacent to an activating group) is 1. The number of hydrogen-bond acceptors (Lipinski definition) is 10. The Morgan fingerprint density at radius 2 is 1.15 bits per heavy atom. The number of rotatable bonds is 3. The molecule has 0 bridgehead atoms.